The zero-order chi connectivity index (χ0) is 23.2. The minimum Gasteiger partial charge on any atom is -0.456 e. The van der Waals surface area contributed by atoms with Gasteiger partial charge in [-0.25, -0.2) is 0 Å². The highest BCUT2D eigenvalue weighted by Gasteiger charge is 2.18. The van der Waals surface area contributed by atoms with Crippen molar-refractivity contribution in [1.29, 1.82) is 0 Å². The van der Waals surface area contributed by atoms with Crippen molar-refractivity contribution in [1.82, 2.24) is 0 Å². The molecule has 0 atom stereocenters. The van der Waals surface area contributed by atoms with Gasteiger partial charge in [0, 0.05) is 10.8 Å². The number of aryl methyl sites for hydroxylation is 2. The first-order valence-electron chi connectivity index (χ1n) is 12.3. The number of para-hydroxylation sites is 1. The first-order valence-corrected chi connectivity index (χ1v) is 12.3. The maximum atomic E-state index is 6.27. The summed E-state index contributed by atoms with van der Waals surface area (Å²) in [7, 11) is 0. The first-order chi connectivity index (χ1) is 16.8. The topological polar surface area (TPSA) is 13.1 Å². The molecule has 0 saturated carbocycles. The fourth-order valence-electron chi connectivity index (χ4n) is 5.54. The highest BCUT2D eigenvalue weighted by molar-refractivity contribution is 6.16. The second-order valence-electron chi connectivity index (χ2n) is 8.87. The largest absolute Gasteiger partial charge is 0.456 e. The molecule has 0 unspecified atom stereocenters. The molecule has 1 heteroatoms. The normalized spacial score (nSPS) is 12.8. The van der Waals surface area contributed by atoms with Gasteiger partial charge >= 0.3 is 0 Å². The summed E-state index contributed by atoms with van der Waals surface area (Å²) in [5, 5.41) is 7.82. The summed E-state index contributed by atoms with van der Waals surface area (Å²) in [6, 6.07) is 28.6. The van der Waals surface area contributed by atoms with Gasteiger partial charge < -0.3 is 4.42 Å². The van der Waals surface area contributed by atoms with E-state index in [-0.39, 0.29) is 0 Å². The molecule has 166 valence electrons. The number of hydrogen-bond donors (Lipinski definition) is 0. The van der Waals surface area contributed by atoms with Gasteiger partial charge in [-0.3, -0.25) is 0 Å². The van der Waals surface area contributed by atoms with Gasteiger partial charge in [0.15, 0.2) is 0 Å². The molecule has 1 aromatic heterocycles. The quantitative estimate of drug-likeness (QED) is 0.232. The molecule has 1 aliphatic carbocycles. The number of fused-ring (bicyclic) bond motifs is 9. The fourth-order valence-corrected chi connectivity index (χ4v) is 5.54. The monoisotopic (exact) mass is 440 g/mol. The summed E-state index contributed by atoms with van der Waals surface area (Å²) in [6.07, 6.45) is 6.83. The molecule has 7 rings (SSSR count). The Morgan fingerprint density at radius 2 is 1.44 bits per heavy atom. The molecule has 0 fully saturated rings. The Balaban J connectivity index is 0.00000106. The summed E-state index contributed by atoms with van der Waals surface area (Å²) < 4.78 is 6.27. The number of benzene rings is 5. The van der Waals surface area contributed by atoms with Crippen molar-refractivity contribution in [3.63, 3.8) is 0 Å². The molecule has 0 amide bonds. The third-order valence-electron chi connectivity index (χ3n) is 7.06. The van der Waals surface area contributed by atoms with E-state index in [1.807, 2.05) is 19.9 Å². The lowest BCUT2D eigenvalue weighted by atomic mass is 9.85. The second kappa shape index (κ2) is 8.18. The summed E-state index contributed by atoms with van der Waals surface area (Å²) in [5.74, 6) is 0. The molecule has 0 N–H and O–H groups in total. The van der Waals surface area contributed by atoms with Crippen molar-refractivity contribution in [3.05, 3.63) is 102 Å². The van der Waals surface area contributed by atoms with Crippen LogP contribution >= 0.6 is 0 Å². The minimum atomic E-state index is 0.951. The fraction of sp³-hybridized carbons (Fsp3) is 0.152. The van der Waals surface area contributed by atoms with Crippen LogP contribution in [0.3, 0.4) is 0 Å². The van der Waals surface area contributed by atoms with Crippen molar-refractivity contribution >= 4 is 49.6 Å². The molecular weight excluding hydrogens is 412 g/mol. The molecule has 0 spiro atoms. The molecule has 0 saturated heterocycles. The predicted molar refractivity (Wildman–Crippen MR) is 148 cm³/mol. The van der Waals surface area contributed by atoms with E-state index in [9.17, 15) is 0 Å². The molecule has 0 bridgehead atoms. The summed E-state index contributed by atoms with van der Waals surface area (Å²) in [5.41, 5.74) is 8.48. The number of hydrogen-bond acceptors (Lipinski definition) is 1. The van der Waals surface area contributed by atoms with Crippen LogP contribution in [0.5, 0.6) is 0 Å². The van der Waals surface area contributed by atoms with Crippen LogP contribution in [-0.2, 0) is 6.42 Å². The van der Waals surface area contributed by atoms with E-state index in [1.165, 1.54) is 60.1 Å². The van der Waals surface area contributed by atoms with Gasteiger partial charge in [0.05, 0.1) is 0 Å². The van der Waals surface area contributed by atoms with Crippen LogP contribution in [0.1, 0.15) is 37.0 Å². The van der Waals surface area contributed by atoms with Crippen LogP contribution in [0.2, 0.25) is 0 Å². The van der Waals surface area contributed by atoms with Gasteiger partial charge in [0.25, 0.3) is 0 Å². The highest BCUT2D eigenvalue weighted by atomic mass is 16.3. The molecule has 0 aliphatic heterocycles. The molecule has 34 heavy (non-hydrogen) atoms. The summed E-state index contributed by atoms with van der Waals surface area (Å²) in [6.45, 7) is 6.13. The minimum absolute atomic E-state index is 0.951. The standard InChI is InChI=1S/C31H22O.C2H6/c1-19-14-16-21(30-27-12-6-7-13-29(27)32-31(19)30)20-15-17-26-24-10-3-2-8-22(24)23-9-4-5-11-25(23)28(26)18-20;1-2/h2-4,6-10,12-18H,5,11H2,1H3;1-2H3. The van der Waals surface area contributed by atoms with Crippen molar-refractivity contribution in [2.75, 3.05) is 0 Å². The molecule has 1 aliphatic rings. The second-order valence-corrected chi connectivity index (χ2v) is 8.87. The molecule has 1 heterocycles. The maximum Gasteiger partial charge on any atom is 0.138 e. The van der Waals surface area contributed by atoms with Gasteiger partial charge in [-0.15, -0.1) is 0 Å². The van der Waals surface area contributed by atoms with Crippen LogP contribution in [0, 0.1) is 6.92 Å². The van der Waals surface area contributed by atoms with Crippen molar-refractivity contribution in [2.45, 2.75) is 33.6 Å². The van der Waals surface area contributed by atoms with Gasteiger partial charge in [0.2, 0.25) is 0 Å². The Bertz CT molecular complexity index is 1730. The van der Waals surface area contributed by atoms with E-state index in [0.29, 0.717) is 0 Å². The van der Waals surface area contributed by atoms with Crippen LogP contribution in [0.15, 0.2) is 89.4 Å². The number of rotatable bonds is 1. The van der Waals surface area contributed by atoms with E-state index >= 15 is 0 Å². The lowest BCUT2D eigenvalue weighted by molar-refractivity contribution is 0.666. The Kier molecular flexibility index (Phi) is 4.99. The van der Waals surface area contributed by atoms with Gasteiger partial charge in [0.1, 0.15) is 11.2 Å². The van der Waals surface area contributed by atoms with Gasteiger partial charge in [-0.1, -0.05) is 92.7 Å². The summed E-state index contributed by atoms with van der Waals surface area (Å²) >= 11 is 0. The van der Waals surface area contributed by atoms with E-state index < -0.39 is 0 Å². The highest BCUT2D eigenvalue weighted by Crippen LogP contribution is 2.42. The Labute approximate surface area is 200 Å². The van der Waals surface area contributed by atoms with Gasteiger partial charge in [-0.2, -0.15) is 0 Å². The smallest absolute Gasteiger partial charge is 0.138 e. The molecule has 0 radical (unpaired) electrons. The molecule has 1 nitrogen and oxygen atoms in total. The molecule has 5 aromatic carbocycles. The van der Waals surface area contributed by atoms with E-state index in [4.69, 9.17) is 4.42 Å². The number of allylic oxidation sites excluding steroid dienone is 1. The third-order valence-corrected chi connectivity index (χ3v) is 7.06. The zero-order valence-corrected chi connectivity index (χ0v) is 20.0. The van der Waals surface area contributed by atoms with Crippen LogP contribution < -0.4 is 0 Å². The van der Waals surface area contributed by atoms with Gasteiger partial charge in [-0.05, 0) is 81.3 Å². The van der Waals surface area contributed by atoms with E-state index in [2.05, 4.69) is 91.9 Å². The Morgan fingerprint density at radius 3 is 2.29 bits per heavy atom. The number of furan rings is 1. The lowest BCUT2D eigenvalue weighted by Crippen LogP contribution is -1.98. The Hall–Kier alpha value is -3.84. The lowest BCUT2D eigenvalue weighted by Gasteiger charge is -2.19. The van der Waals surface area contributed by atoms with E-state index in [1.54, 1.807) is 0 Å². The third kappa shape index (κ3) is 3.00. The average molecular weight is 441 g/mol. The maximum absolute atomic E-state index is 6.27. The van der Waals surface area contributed by atoms with Crippen LogP contribution in [-0.4, -0.2) is 0 Å². The summed E-state index contributed by atoms with van der Waals surface area (Å²) in [4.78, 5) is 0. The van der Waals surface area contributed by atoms with Crippen LogP contribution in [0.4, 0.5) is 0 Å². The average Bonchev–Trinajstić information content (AvgIpc) is 3.31. The first kappa shape index (κ1) is 20.7. The zero-order valence-electron chi connectivity index (χ0n) is 20.0. The van der Waals surface area contributed by atoms with Crippen LogP contribution in [0.25, 0.3) is 60.7 Å². The molecule has 6 aromatic rings. The molecular formula is C33H28O. The van der Waals surface area contributed by atoms with Crippen molar-refractivity contribution in [3.8, 4) is 11.1 Å². The van der Waals surface area contributed by atoms with Crippen molar-refractivity contribution < 1.29 is 4.42 Å². The van der Waals surface area contributed by atoms with E-state index in [0.717, 1.165) is 24.0 Å². The Morgan fingerprint density at radius 1 is 0.706 bits per heavy atom. The van der Waals surface area contributed by atoms with Crippen molar-refractivity contribution in [2.24, 2.45) is 0 Å². The predicted octanol–water partition coefficient (Wildman–Crippen LogP) is 9.85. The SMILES string of the molecule is CC.Cc1ccc(-c2ccc3c(c2)c2c(c4ccccc43)C=CCC2)c2c1oc1ccccc12.